The molecule has 1 aromatic rings. The lowest BCUT2D eigenvalue weighted by Gasteiger charge is -2.36. The molecule has 1 atom stereocenters. The predicted octanol–water partition coefficient (Wildman–Crippen LogP) is 2.94. The van der Waals surface area contributed by atoms with Gasteiger partial charge < -0.3 is 15.4 Å². The molecular formula is C17H26N2O2. The summed E-state index contributed by atoms with van der Waals surface area (Å²) in [5.74, 6) is 1.55. The molecule has 1 aliphatic rings. The van der Waals surface area contributed by atoms with Gasteiger partial charge in [0.05, 0.1) is 5.69 Å². The van der Waals surface area contributed by atoms with Gasteiger partial charge in [-0.05, 0) is 36.0 Å². The molecule has 0 spiro atoms. The zero-order chi connectivity index (χ0) is 15.6. The second kappa shape index (κ2) is 6.48. The van der Waals surface area contributed by atoms with Crippen molar-refractivity contribution in [2.45, 2.75) is 46.8 Å². The third-order valence-electron chi connectivity index (χ3n) is 3.85. The van der Waals surface area contributed by atoms with Gasteiger partial charge in [0.15, 0.2) is 6.10 Å². The number of hydrogen-bond donors (Lipinski definition) is 1. The maximum Gasteiger partial charge on any atom is 0.268 e. The van der Waals surface area contributed by atoms with Crippen molar-refractivity contribution in [1.29, 1.82) is 0 Å². The van der Waals surface area contributed by atoms with Gasteiger partial charge in [-0.2, -0.15) is 0 Å². The van der Waals surface area contributed by atoms with Crippen molar-refractivity contribution >= 4 is 11.6 Å². The van der Waals surface area contributed by atoms with Gasteiger partial charge in [-0.1, -0.05) is 33.8 Å². The first kappa shape index (κ1) is 15.8. The van der Waals surface area contributed by atoms with Crippen LogP contribution < -0.4 is 15.4 Å². The summed E-state index contributed by atoms with van der Waals surface area (Å²) in [6, 6.07) is 5.87. The summed E-state index contributed by atoms with van der Waals surface area (Å²) in [4.78, 5) is 14.6. The molecule has 0 fully saturated rings. The van der Waals surface area contributed by atoms with Crippen LogP contribution in [0.1, 0.15) is 39.7 Å². The van der Waals surface area contributed by atoms with Crippen molar-refractivity contribution < 1.29 is 9.53 Å². The van der Waals surface area contributed by atoms with E-state index < -0.39 is 6.10 Å². The van der Waals surface area contributed by atoms with Gasteiger partial charge in [-0.25, -0.2) is 0 Å². The molecule has 0 radical (unpaired) electrons. The minimum Gasteiger partial charge on any atom is -0.478 e. The SMILES string of the molecule is CC(C)CCN1C(=O)C(C(C)C)Oc2cc(CN)ccc21. The highest BCUT2D eigenvalue weighted by molar-refractivity contribution is 6.00. The fraction of sp³-hybridized carbons (Fsp3) is 0.588. The van der Waals surface area contributed by atoms with Gasteiger partial charge in [-0.3, -0.25) is 4.79 Å². The number of carbonyl (C=O) groups is 1. The van der Waals surface area contributed by atoms with Crippen molar-refractivity contribution in [2.24, 2.45) is 17.6 Å². The summed E-state index contributed by atoms with van der Waals surface area (Å²) in [5.41, 5.74) is 7.59. The molecule has 21 heavy (non-hydrogen) atoms. The number of ether oxygens (including phenoxy) is 1. The molecule has 116 valence electrons. The molecule has 2 N–H and O–H groups in total. The van der Waals surface area contributed by atoms with Crippen molar-refractivity contribution in [1.82, 2.24) is 0 Å². The van der Waals surface area contributed by atoms with Gasteiger partial charge in [0, 0.05) is 13.1 Å². The number of amides is 1. The van der Waals surface area contributed by atoms with Crippen LogP contribution in [-0.2, 0) is 11.3 Å². The third-order valence-corrected chi connectivity index (χ3v) is 3.85. The lowest BCUT2D eigenvalue weighted by Crippen LogP contribution is -2.48. The Kier molecular flexibility index (Phi) is 4.88. The number of nitrogens with two attached hydrogens (primary N) is 1. The van der Waals surface area contributed by atoms with Crippen LogP contribution in [0.2, 0.25) is 0 Å². The van der Waals surface area contributed by atoms with Crippen LogP contribution >= 0.6 is 0 Å². The predicted molar refractivity (Wildman–Crippen MR) is 85.4 cm³/mol. The van der Waals surface area contributed by atoms with Crippen LogP contribution in [0.25, 0.3) is 0 Å². The van der Waals surface area contributed by atoms with Gasteiger partial charge >= 0.3 is 0 Å². The third kappa shape index (κ3) is 3.38. The van der Waals surface area contributed by atoms with E-state index in [4.69, 9.17) is 10.5 Å². The number of anilines is 1. The summed E-state index contributed by atoms with van der Waals surface area (Å²) in [6.45, 7) is 9.58. The van der Waals surface area contributed by atoms with Crippen LogP contribution in [-0.4, -0.2) is 18.6 Å². The molecule has 0 aromatic heterocycles. The van der Waals surface area contributed by atoms with E-state index in [9.17, 15) is 4.79 Å². The summed E-state index contributed by atoms with van der Waals surface area (Å²) in [7, 11) is 0. The van der Waals surface area contributed by atoms with Crippen LogP contribution in [0.5, 0.6) is 5.75 Å². The largest absolute Gasteiger partial charge is 0.478 e. The molecule has 1 aliphatic heterocycles. The quantitative estimate of drug-likeness (QED) is 0.907. The lowest BCUT2D eigenvalue weighted by atomic mass is 10.0. The lowest BCUT2D eigenvalue weighted by molar-refractivity contribution is -0.128. The van der Waals surface area contributed by atoms with Gasteiger partial charge in [0.1, 0.15) is 5.75 Å². The number of benzene rings is 1. The van der Waals surface area contributed by atoms with E-state index in [2.05, 4.69) is 13.8 Å². The molecule has 0 bridgehead atoms. The Balaban J connectivity index is 2.36. The molecule has 4 nitrogen and oxygen atoms in total. The summed E-state index contributed by atoms with van der Waals surface area (Å²) < 4.78 is 5.94. The highest BCUT2D eigenvalue weighted by atomic mass is 16.5. The molecular weight excluding hydrogens is 264 g/mol. The Labute approximate surface area is 127 Å². The molecule has 2 rings (SSSR count). The normalized spacial score (nSPS) is 18.1. The number of hydrogen-bond acceptors (Lipinski definition) is 3. The molecule has 1 amide bonds. The Morgan fingerprint density at radius 1 is 1.29 bits per heavy atom. The molecule has 0 aliphatic carbocycles. The molecule has 1 unspecified atom stereocenters. The van der Waals surface area contributed by atoms with Crippen molar-refractivity contribution in [3.63, 3.8) is 0 Å². The maximum atomic E-state index is 12.7. The number of rotatable bonds is 5. The average Bonchev–Trinajstić information content (AvgIpc) is 2.44. The molecule has 4 heteroatoms. The number of nitrogens with zero attached hydrogens (tertiary/aromatic N) is 1. The Hall–Kier alpha value is -1.55. The van der Waals surface area contributed by atoms with E-state index in [-0.39, 0.29) is 11.8 Å². The van der Waals surface area contributed by atoms with E-state index in [1.54, 1.807) is 0 Å². The summed E-state index contributed by atoms with van der Waals surface area (Å²) >= 11 is 0. The first-order valence-corrected chi connectivity index (χ1v) is 7.75. The molecule has 1 heterocycles. The van der Waals surface area contributed by atoms with Gasteiger partial charge in [-0.15, -0.1) is 0 Å². The molecule has 0 saturated heterocycles. The second-order valence-corrected chi connectivity index (χ2v) is 6.46. The van der Waals surface area contributed by atoms with Crippen LogP contribution in [0.3, 0.4) is 0 Å². The first-order chi connectivity index (χ1) is 9.93. The van der Waals surface area contributed by atoms with Crippen LogP contribution in [0.15, 0.2) is 18.2 Å². The number of carbonyl (C=O) groups excluding carboxylic acids is 1. The number of fused-ring (bicyclic) bond motifs is 1. The monoisotopic (exact) mass is 290 g/mol. The Morgan fingerprint density at radius 2 is 2.00 bits per heavy atom. The molecule has 0 saturated carbocycles. The fourth-order valence-corrected chi connectivity index (χ4v) is 2.50. The smallest absolute Gasteiger partial charge is 0.268 e. The van der Waals surface area contributed by atoms with E-state index in [0.717, 1.165) is 30.0 Å². The van der Waals surface area contributed by atoms with E-state index in [1.165, 1.54) is 0 Å². The Morgan fingerprint density at radius 3 is 2.57 bits per heavy atom. The van der Waals surface area contributed by atoms with Crippen molar-refractivity contribution in [2.75, 3.05) is 11.4 Å². The minimum absolute atomic E-state index is 0.0682. The highest BCUT2D eigenvalue weighted by Crippen LogP contribution is 2.36. The van der Waals surface area contributed by atoms with Gasteiger partial charge in [0.2, 0.25) is 0 Å². The summed E-state index contributed by atoms with van der Waals surface area (Å²) in [6.07, 6.45) is 0.576. The van der Waals surface area contributed by atoms with Crippen molar-refractivity contribution in [3.8, 4) is 5.75 Å². The standard InChI is InChI=1S/C17H26N2O2/c1-11(2)7-8-19-14-6-5-13(10-18)9-15(14)21-16(12(3)4)17(19)20/h5-6,9,11-12,16H,7-8,10,18H2,1-4H3. The van der Waals surface area contributed by atoms with Gasteiger partial charge in [0.25, 0.3) is 5.91 Å². The van der Waals surface area contributed by atoms with Crippen LogP contribution in [0, 0.1) is 11.8 Å². The summed E-state index contributed by atoms with van der Waals surface area (Å²) in [5, 5.41) is 0. The Bertz CT molecular complexity index is 512. The maximum absolute atomic E-state index is 12.7. The van der Waals surface area contributed by atoms with E-state index in [1.807, 2.05) is 36.9 Å². The second-order valence-electron chi connectivity index (χ2n) is 6.46. The topological polar surface area (TPSA) is 55.6 Å². The fourth-order valence-electron chi connectivity index (χ4n) is 2.50. The minimum atomic E-state index is -0.405. The van der Waals surface area contributed by atoms with E-state index >= 15 is 0 Å². The average molecular weight is 290 g/mol. The zero-order valence-electron chi connectivity index (χ0n) is 13.4. The van der Waals surface area contributed by atoms with E-state index in [0.29, 0.717) is 12.5 Å². The zero-order valence-corrected chi connectivity index (χ0v) is 13.4. The van der Waals surface area contributed by atoms with Crippen LogP contribution in [0.4, 0.5) is 5.69 Å². The molecule has 1 aromatic carbocycles. The first-order valence-electron chi connectivity index (χ1n) is 7.75. The highest BCUT2D eigenvalue weighted by Gasteiger charge is 2.36. The van der Waals surface area contributed by atoms with Crippen molar-refractivity contribution in [3.05, 3.63) is 23.8 Å².